The number of amides is 1. The molecule has 0 radical (unpaired) electrons. The van der Waals surface area contributed by atoms with Crippen molar-refractivity contribution in [2.24, 2.45) is 0 Å². The summed E-state index contributed by atoms with van der Waals surface area (Å²) < 4.78 is 6.32. The van der Waals surface area contributed by atoms with Crippen molar-refractivity contribution in [1.82, 2.24) is 10.6 Å². The molecule has 0 heterocycles. The van der Waals surface area contributed by atoms with Crippen molar-refractivity contribution in [2.75, 3.05) is 13.6 Å². The van der Waals surface area contributed by atoms with Gasteiger partial charge in [-0.1, -0.05) is 11.6 Å². The largest absolute Gasteiger partial charge is 0.480 e. The molecule has 0 spiro atoms. The molecule has 0 aliphatic heterocycles. The molecule has 2 N–H and O–H groups in total. The highest BCUT2D eigenvalue weighted by molar-refractivity contribution is 9.10. The van der Waals surface area contributed by atoms with Crippen LogP contribution in [0.4, 0.5) is 0 Å². The zero-order valence-electron chi connectivity index (χ0n) is 11.2. The summed E-state index contributed by atoms with van der Waals surface area (Å²) in [5.74, 6) is 0.442. The molecule has 19 heavy (non-hydrogen) atoms. The molecular weight excluding hydrogens is 332 g/mol. The maximum atomic E-state index is 11.8. The van der Waals surface area contributed by atoms with Crippen LogP contribution in [0.5, 0.6) is 5.75 Å². The van der Waals surface area contributed by atoms with Gasteiger partial charge in [-0.3, -0.25) is 4.79 Å². The number of carbonyl (C=O) groups is 1. The van der Waals surface area contributed by atoms with Gasteiger partial charge in [0.15, 0.2) is 6.10 Å². The van der Waals surface area contributed by atoms with Gasteiger partial charge in [0.2, 0.25) is 0 Å². The van der Waals surface area contributed by atoms with Gasteiger partial charge in [0, 0.05) is 17.6 Å². The van der Waals surface area contributed by atoms with E-state index in [1.807, 2.05) is 14.0 Å². The Morgan fingerprint density at radius 2 is 2.16 bits per heavy atom. The summed E-state index contributed by atoms with van der Waals surface area (Å²) in [6, 6.07) is 5.39. The van der Waals surface area contributed by atoms with Crippen molar-refractivity contribution in [3.05, 3.63) is 27.7 Å². The van der Waals surface area contributed by atoms with Gasteiger partial charge in [0.1, 0.15) is 5.75 Å². The van der Waals surface area contributed by atoms with Gasteiger partial charge in [0.05, 0.1) is 4.47 Å². The van der Waals surface area contributed by atoms with E-state index in [-0.39, 0.29) is 11.9 Å². The maximum Gasteiger partial charge on any atom is 0.260 e. The summed E-state index contributed by atoms with van der Waals surface area (Å²) in [4.78, 5) is 11.8. The Bertz CT molecular complexity index is 443. The summed E-state index contributed by atoms with van der Waals surface area (Å²) >= 11 is 9.19. The molecule has 0 aliphatic carbocycles. The average molecular weight is 350 g/mol. The Kier molecular flexibility index (Phi) is 6.62. The van der Waals surface area contributed by atoms with Crippen LogP contribution in [-0.4, -0.2) is 31.6 Å². The van der Waals surface area contributed by atoms with Crippen molar-refractivity contribution in [3.8, 4) is 5.75 Å². The molecule has 1 aromatic rings. The Labute approximate surface area is 127 Å². The lowest BCUT2D eigenvalue weighted by Crippen LogP contribution is -2.42. The first kappa shape index (κ1) is 16.3. The summed E-state index contributed by atoms with van der Waals surface area (Å²) in [5, 5.41) is 6.47. The fraction of sp³-hybridized carbons (Fsp3) is 0.462. The molecule has 1 rings (SSSR count). The van der Waals surface area contributed by atoms with Gasteiger partial charge in [-0.05, 0) is 55.0 Å². The maximum absolute atomic E-state index is 11.8. The second-order valence-electron chi connectivity index (χ2n) is 4.27. The van der Waals surface area contributed by atoms with Gasteiger partial charge >= 0.3 is 0 Å². The molecule has 2 atom stereocenters. The molecule has 0 fully saturated rings. The summed E-state index contributed by atoms with van der Waals surface area (Å²) in [6.07, 6.45) is -0.568. The van der Waals surface area contributed by atoms with Crippen LogP contribution in [0.1, 0.15) is 13.8 Å². The number of hydrogen-bond donors (Lipinski definition) is 2. The topological polar surface area (TPSA) is 50.4 Å². The molecule has 0 saturated carbocycles. The number of ether oxygens (including phenoxy) is 1. The van der Waals surface area contributed by atoms with Crippen molar-refractivity contribution in [2.45, 2.75) is 26.0 Å². The molecule has 0 aliphatic rings. The van der Waals surface area contributed by atoms with Crippen LogP contribution in [0, 0.1) is 0 Å². The second kappa shape index (κ2) is 7.72. The van der Waals surface area contributed by atoms with Crippen LogP contribution in [0.25, 0.3) is 0 Å². The minimum Gasteiger partial charge on any atom is -0.480 e. The van der Waals surface area contributed by atoms with E-state index in [1.165, 1.54) is 0 Å². The van der Waals surface area contributed by atoms with E-state index in [0.29, 0.717) is 17.3 Å². The Morgan fingerprint density at radius 1 is 1.47 bits per heavy atom. The third kappa shape index (κ3) is 5.38. The quantitative estimate of drug-likeness (QED) is 0.830. The van der Waals surface area contributed by atoms with Crippen LogP contribution in [0.3, 0.4) is 0 Å². The lowest BCUT2D eigenvalue weighted by molar-refractivity contribution is -0.127. The highest BCUT2D eigenvalue weighted by Crippen LogP contribution is 2.28. The Hall–Kier alpha value is -0.780. The van der Waals surface area contributed by atoms with Crippen LogP contribution in [0.15, 0.2) is 22.7 Å². The summed E-state index contributed by atoms with van der Waals surface area (Å²) in [6.45, 7) is 4.26. The zero-order chi connectivity index (χ0) is 14.4. The average Bonchev–Trinajstić information content (AvgIpc) is 2.38. The first-order valence-corrected chi connectivity index (χ1v) is 7.17. The van der Waals surface area contributed by atoms with Crippen LogP contribution >= 0.6 is 27.5 Å². The Balaban J connectivity index is 2.54. The van der Waals surface area contributed by atoms with Crippen molar-refractivity contribution < 1.29 is 9.53 Å². The smallest absolute Gasteiger partial charge is 0.260 e. The SMILES string of the molecule is CNC(C)CNC(=O)C(C)Oc1ccc(Cl)cc1Br. The number of benzene rings is 1. The highest BCUT2D eigenvalue weighted by atomic mass is 79.9. The molecule has 106 valence electrons. The third-order valence-electron chi connectivity index (χ3n) is 2.64. The standard InChI is InChI=1S/C13H18BrClN2O2/c1-8(16-3)7-17-13(18)9(2)19-12-5-4-10(15)6-11(12)14/h4-6,8-9,16H,7H2,1-3H3,(H,17,18). The molecule has 1 amide bonds. The first-order chi connectivity index (χ1) is 8.93. The monoisotopic (exact) mass is 348 g/mol. The minimum absolute atomic E-state index is 0.149. The van der Waals surface area contributed by atoms with Crippen molar-refractivity contribution in [3.63, 3.8) is 0 Å². The zero-order valence-corrected chi connectivity index (χ0v) is 13.5. The molecule has 0 saturated heterocycles. The molecule has 2 unspecified atom stereocenters. The molecule has 0 bridgehead atoms. The Morgan fingerprint density at radius 3 is 2.74 bits per heavy atom. The van der Waals surface area contributed by atoms with Gasteiger partial charge < -0.3 is 15.4 Å². The van der Waals surface area contributed by atoms with E-state index in [2.05, 4.69) is 26.6 Å². The van der Waals surface area contributed by atoms with Gasteiger partial charge in [-0.2, -0.15) is 0 Å². The van der Waals surface area contributed by atoms with Crippen LogP contribution < -0.4 is 15.4 Å². The molecule has 4 nitrogen and oxygen atoms in total. The predicted octanol–water partition coefficient (Wildman–Crippen LogP) is 2.59. The van der Waals surface area contributed by atoms with E-state index in [0.717, 1.165) is 4.47 Å². The number of likely N-dealkylation sites (N-methyl/N-ethyl adjacent to an activating group) is 1. The number of nitrogens with one attached hydrogen (secondary N) is 2. The van der Waals surface area contributed by atoms with Crippen LogP contribution in [-0.2, 0) is 4.79 Å². The van der Waals surface area contributed by atoms with Gasteiger partial charge in [-0.15, -0.1) is 0 Å². The highest BCUT2D eigenvalue weighted by Gasteiger charge is 2.16. The summed E-state index contributed by atoms with van der Waals surface area (Å²) in [5.41, 5.74) is 0. The fourth-order valence-electron chi connectivity index (χ4n) is 1.31. The number of rotatable bonds is 6. The second-order valence-corrected chi connectivity index (χ2v) is 5.56. The van der Waals surface area contributed by atoms with E-state index in [9.17, 15) is 4.79 Å². The third-order valence-corrected chi connectivity index (χ3v) is 3.50. The lowest BCUT2D eigenvalue weighted by Gasteiger charge is -2.17. The van der Waals surface area contributed by atoms with Gasteiger partial charge in [0.25, 0.3) is 5.91 Å². The summed E-state index contributed by atoms with van der Waals surface area (Å²) in [7, 11) is 1.85. The van der Waals surface area contributed by atoms with Gasteiger partial charge in [-0.25, -0.2) is 0 Å². The lowest BCUT2D eigenvalue weighted by atomic mass is 10.3. The van der Waals surface area contributed by atoms with E-state index in [4.69, 9.17) is 16.3 Å². The van der Waals surface area contributed by atoms with E-state index >= 15 is 0 Å². The first-order valence-electron chi connectivity index (χ1n) is 6.00. The number of carbonyl (C=O) groups excluding carboxylic acids is 1. The van der Waals surface area contributed by atoms with Crippen molar-refractivity contribution in [1.29, 1.82) is 0 Å². The van der Waals surface area contributed by atoms with E-state index in [1.54, 1.807) is 25.1 Å². The van der Waals surface area contributed by atoms with Crippen molar-refractivity contribution >= 4 is 33.4 Å². The normalized spacial score (nSPS) is 13.7. The number of halogens is 2. The number of hydrogen-bond acceptors (Lipinski definition) is 3. The fourth-order valence-corrected chi connectivity index (χ4v) is 2.09. The molecular formula is C13H18BrClN2O2. The molecule has 0 aromatic heterocycles. The van der Waals surface area contributed by atoms with Crippen LogP contribution in [0.2, 0.25) is 5.02 Å². The minimum atomic E-state index is -0.568. The molecule has 1 aromatic carbocycles. The predicted molar refractivity (Wildman–Crippen MR) is 80.8 cm³/mol. The molecule has 6 heteroatoms. The van der Waals surface area contributed by atoms with E-state index < -0.39 is 6.10 Å².